The zero-order valence-electron chi connectivity index (χ0n) is 6.88. The van der Waals surface area contributed by atoms with Gasteiger partial charge in [-0.15, -0.1) is 0 Å². The summed E-state index contributed by atoms with van der Waals surface area (Å²) in [6, 6.07) is 7.52. The number of hydrogen-bond donors (Lipinski definition) is 3. The van der Waals surface area contributed by atoms with Crippen molar-refractivity contribution in [2.45, 2.75) is 6.54 Å². The predicted molar refractivity (Wildman–Crippen MR) is 58.2 cm³/mol. The topological polar surface area (TPSA) is 50.1 Å². The highest BCUT2D eigenvalue weighted by Crippen LogP contribution is 2.08. The summed E-state index contributed by atoms with van der Waals surface area (Å²) in [6.45, 7) is 0.647. The van der Waals surface area contributed by atoms with Crippen molar-refractivity contribution >= 4 is 28.9 Å². The van der Waals surface area contributed by atoms with Crippen LogP contribution in [0.2, 0.25) is 5.02 Å². The van der Waals surface area contributed by atoms with E-state index in [4.69, 9.17) is 17.3 Å². The number of nitrogens with one attached hydrogen (secondary N) is 2. The van der Waals surface area contributed by atoms with E-state index in [1.165, 1.54) is 0 Å². The lowest BCUT2D eigenvalue weighted by molar-refractivity contribution is 0.655. The zero-order chi connectivity index (χ0) is 9.68. The van der Waals surface area contributed by atoms with Crippen molar-refractivity contribution in [2.75, 3.05) is 0 Å². The summed E-state index contributed by atoms with van der Waals surface area (Å²) >= 11 is 10.3. The molecule has 0 saturated heterocycles. The first-order valence-electron chi connectivity index (χ1n) is 3.71. The van der Waals surface area contributed by atoms with Crippen molar-refractivity contribution in [1.82, 2.24) is 10.9 Å². The first-order chi connectivity index (χ1) is 6.18. The van der Waals surface area contributed by atoms with Crippen molar-refractivity contribution in [3.8, 4) is 0 Å². The van der Waals surface area contributed by atoms with Crippen LogP contribution in [0.5, 0.6) is 0 Å². The molecule has 70 valence electrons. The van der Waals surface area contributed by atoms with Crippen LogP contribution in [-0.2, 0) is 6.54 Å². The number of halogens is 1. The summed E-state index contributed by atoms with van der Waals surface area (Å²) in [5, 5.41) is 0.958. The molecule has 0 aliphatic carbocycles. The molecule has 0 spiro atoms. The van der Waals surface area contributed by atoms with Crippen molar-refractivity contribution in [3.63, 3.8) is 0 Å². The fourth-order valence-electron chi connectivity index (χ4n) is 0.836. The second-order valence-corrected chi connectivity index (χ2v) is 3.35. The van der Waals surface area contributed by atoms with Gasteiger partial charge in [0.1, 0.15) is 0 Å². The fourth-order valence-corrected chi connectivity index (χ4v) is 1.03. The van der Waals surface area contributed by atoms with Crippen LogP contribution >= 0.6 is 23.8 Å². The molecule has 0 atom stereocenters. The SMILES string of the molecule is NC(=S)NNCc1ccc(Cl)cc1. The van der Waals surface area contributed by atoms with Crippen LogP contribution in [0, 0.1) is 0 Å². The molecule has 4 N–H and O–H groups in total. The maximum absolute atomic E-state index is 5.72. The number of benzene rings is 1. The first kappa shape index (κ1) is 10.2. The Balaban J connectivity index is 2.37. The predicted octanol–water partition coefficient (Wildman–Crippen LogP) is 1.18. The van der Waals surface area contributed by atoms with Crippen LogP contribution in [0.25, 0.3) is 0 Å². The van der Waals surface area contributed by atoms with Gasteiger partial charge in [0.05, 0.1) is 0 Å². The highest BCUT2D eigenvalue weighted by molar-refractivity contribution is 7.80. The van der Waals surface area contributed by atoms with Gasteiger partial charge in [-0.1, -0.05) is 23.7 Å². The Kier molecular flexibility index (Phi) is 3.95. The van der Waals surface area contributed by atoms with E-state index in [2.05, 4.69) is 23.1 Å². The Labute approximate surface area is 87.2 Å². The second-order valence-electron chi connectivity index (χ2n) is 2.47. The molecule has 0 aliphatic heterocycles. The van der Waals surface area contributed by atoms with Gasteiger partial charge in [0.2, 0.25) is 0 Å². The summed E-state index contributed by atoms with van der Waals surface area (Å²) in [6.07, 6.45) is 0. The van der Waals surface area contributed by atoms with Gasteiger partial charge in [0.15, 0.2) is 5.11 Å². The molecule has 0 radical (unpaired) electrons. The third kappa shape index (κ3) is 4.07. The Bertz CT molecular complexity index is 286. The Morgan fingerprint density at radius 3 is 2.54 bits per heavy atom. The van der Waals surface area contributed by atoms with E-state index in [0.29, 0.717) is 6.54 Å². The summed E-state index contributed by atoms with van der Waals surface area (Å²) in [5.41, 5.74) is 11.8. The average Bonchev–Trinajstić information content (AvgIpc) is 2.08. The highest BCUT2D eigenvalue weighted by atomic mass is 35.5. The van der Waals surface area contributed by atoms with Crippen molar-refractivity contribution in [2.24, 2.45) is 5.73 Å². The minimum absolute atomic E-state index is 0.231. The normalized spacial score (nSPS) is 9.62. The molecular weight excluding hydrogens is 206 g/mol. The van der Waals surface area contributed by atoms with Gasteiger partial charge >= 0.3 is 0 Å². The zero-order valence-corrected chi connectivity index (χ0v) is 8.45. The van der Waals surface area contributed by atoms with E-state index in [1.807, 2.05) is 24.3 Å². The monoisotopic (exact) mass is 215 g/mol. The van der Waals surface area contributed by atoms with Gasteiger partial charge < -0.3 is 5.73 Å². The second kappa shape index (κ2) is 5.01. The lowest BCUT2D eigenvalue weighted by atomic mass is 10.2. The van der Waals surface area contributed by atoms with Crippen LogP contribution in [0.15, 0.2) is 24.3 Å². The minimum atomic E-state index is 0.231. The van der Waals surface area contributed by atoms with Crippen molar-refractivity contribution in [3.05, 3.63) is 34.9 Å². The van der Waals surface area contributed by atoms with E-state index >= 15 is 0 Å². The minimum Gasteiger partial charge on any atom is -0.375 e. The molecule has 0 saturated carbocycles. The highest BCUT2D eigenvalue weighted by Gasteiger charge is 1.92. The smallest absolute Gasteiger partial charge is 0.178 e. The summed E-state index contributed by atoms with van der Waals surface area (Å²) in [5.74, 6) is 0. The van der Waals surface area contributed by atoms with Gasteiger partial charge in [-0.25, -0.2) is 5.43 Å². The van der Waals surface area contributed by atoms with Crippen LogP contribution in [0.4, 0.5) is 0 Å². The number of hydrazine groups is 1. The molecule has 1 rings (SSSR count). The molecule has 0 bridgehead atoms. The first-order valence-corrected chi connectivity index (χ1v) is 4.50. The standard InChI is InChI=1S/C8H10ClN3S/c9-7-3-1-6(2-4-7)5-11-12-8(10)13/h1-4,11H,5H2,(H3,10,12,13). The number of hydrogen-bond acceptors (Lipinski definition) is 2. The molecule has 1 aromatic rings. The van der Waals surface area contributed by atoms with Crippen molar-refractivity contribution in [1.29, 1.82) is 0 Å². The van der Waals surface area contributed by atoms with E-state index in [-0.39, 0.29) is 5.11 Å². The largest absolute Gasteiger partial charge is 0.375 e. The lowest BCUT2D eigenvalue weighted by Crippen LogP contribution is -2.40. The van der Waals surface area contributed by atoms with E-state index in [0.717, 1.165) is 10.6 Å². The molecule has 0 aromatic heterocycles. The molecule has 0 heterocycles. The van der Waals surface area contributed by atoms with Crippen LogP contribution in [0.1, 0.15) is 5.56 Å². The van der Waals surface area contributed by atoms with E-state index in [1.54, 1.807) is 0 Å². The molecule has 0 aliphatic rings. The molecule has 13 heavy (non-hydrogen) atoms. The third-order valence-corrected chi connectivity index (χ3v) is 1.77. The summed E-state index contributed by atoms with van der Waals surface area (Å²) in [7, 11) is 0. The molecule has 1 aromatic carbocycles. The quantitative estimate of drug-likeness (QED) is 0.524. The average molecular weight is 216 g/mol. The van der Waals surface area contributed by atoms with E-state index < -0.39 is 0 Å². The van der Waals surface area contributed by atoms with Gasteiger partial charge in [-0.2, -0.15) is 0 Å². The molecule has 0 fully saturated rings. The number of rotatable bonds is 3. The van der Waals surface area contributed by atoms with E-state index in [9.17, 15) is 0 Å². The maximum atomic E-state index is 5.72. The maximum Gasteiger partial charge on any atom is 0.178 e. The molecular formula is C8H10ClN3S. The Hall–Kier alpha value is -0.840. The number of nitrogens with two attached hydrogens (primary N) is 1. The lowest BCUT2D eigenvalue weighted by Gasteiger charge is -2.05. The Morgan fingerprint density at radius 2 is 2.00 bits per heavy atom. The molecule has 0 amide bonds. The molecule has 3 nitrogen and oxygen atoms in total. The van der Waals surface area contributed by atoms with Gasteiger partial charge in [-0.3, -0.25) is 5.43 Å². The van der Waals surface area contributed by atoms with Crippen LogP contribution in [0.3, 0.4) is 0 Å². The summed E-state index contributed by atoms with van der Waals surface area (Å²) < 4.78 is 0. The van der Waals surface area contributed by atoms with Gasteiger partial charge in [0.25, 0.3) is 0 Å². The summed E-state index contributed by atoms with van der Waals surface area (Å²) in [4.78, 5) is 0. The molecule has 0 unspecified atom stereocenters. The molecule has 5 heteroatoms. The van der Waals surface area contributed by atoms with Crippen LogP contribution < -0.4 is 16.6 Å². The van der Waals surface area contributed by atoms with Gasteiger partial charge in [0, 0.05) is 11.6 Å². The van der Waals surface area contributed by atoms with Crippen molar-refractivity contribution < 1.29 is 0 Å². The van der Waals surface area contributed by atoms with Gasteiger partial charge in [-0.05, 0) is 29.9 Å². The number of thiocarbonyl (C=S) groups is 1. The van der Waals surface area contributed by atoms with Crippen LogP contribution in [-0.4, -0.2) is 5.11 Å². The fraction of sp³-hybridized carbons (Fsp3) is 0.125. The third-order valence-electron chi connectivity index (χ3n) is 1.42. The Morgan fingerprint density at radius 1 is 1.38 bits per heavy atom.